The minimum Gasteiger partial charge on any atom is -0.467 e. The van der Waals surface area contributed by atoms with Crippen LogP contribution < -0.4 is 10.6 Å². The van der Waals surface area contributed by atoms with Gasteiger partial charge in [-0.05, 0) is 35.9 Å². The lowest BCUT2D eigenvalue weighted by atomic mass is 10.0. The van der Waals surface area contributed by atoms with Gasteiger partial charge in [0.25, 0.3) is 5.91 Å². The second-order valence-electron chi connectivity index (χ2n) is 5.43. The summed E-state index contributed by atoms with van der Waals surface area (Å²) in [7, 11) is 0. The molecule has 2 aromatic rings. The standard InChI is InChI=1S/C16H20N2O3S/c1-11(2)9-13(18-16(20)14-6-4-8-22-14)15(19)17-10-12-5-3-7-21-12/h3-8,11,13H,9-10H2,1-2H3,(H,17,19)(H,18,20)/t13-/m0/s1. The summed E-state index contributed by atoms with van der Waals surface area (Å²) < 4.78 is 5.18. The Morgan fingerprint density at radius 1 is 1.27 bits per heavy atom. The summed E-state index contributed by atoms with van der Waals surface area (Å²) in [6.45, 7) is 4.35. The van der Waals surface area contributed by atoms with Crippen molar-refractivity contribution in [3.8, 4) is 0 Å². The van der Waals surface area contributed by atoms with Gasteiger partial charge >= 0.3 is 0 Å². The average molecular weight is 320 g/mol. The fourth-order valence-electron chi connectivity index (χ4n) is 2.05. The molecule has 2 rings (SSSR count). The van der Waals surface area contributed by atoms with Crippen molar-refractivity contribution in [3.63, 3.8) is 0 Å². The molecule has 2 amide bonds. The molecule has 118 valence electrons. The van der Waals surface area contributed by atoms with E-state index in [1.54, 1.807) is 24.5 Å². The van der Waals surface area contributed by atoms with Crippen LogP contribution >= 0.6 is 11.3 Å². The number of hydrogen-bond donors (Lipinski definition) is 2. The van der Waals surface area contributed by atoms with Gasteiger partial charge in [0.15, 0.2) is 0 Å². The average Bonchev–Trinajstić information content (AvgIpc) is 3.16. The number of nitrogens with one attached hydrogen (secondary N) is 2. The zero-order valence-electron chi connectivity index (χ0n) is 12.7. The molecule has 0 aromatic carbocycles. The van der Waals surface area contributed by atoms with Crippen molar-refractivity contribution in [2.24, 2.45) is 5.92 Å². The van der Waals surface area contributed by atoms with Crippen LogP contribution in [0.5, 0.6) is 0 Å². The minimum absolute atomic E-state index is 0.199. The summed E-state index contributed by atoms with van der Waals surface area (Å²) in [4.78, 5) is 25.1. The molecule has 0 spiro atoms. The molecule has 6 heteroatoms. The molecule has 0 aliphatic heterocycles. The zero-order chi connectivity index (χ0) is 15.9. The van der Waals surface area contributed by atoms with E-state index in [1.165, 1.54) is 11.3 Å². The van der Waals surface area contributed by atoms with Crippen molar-refractivity contribution in [3.05, 3.63) is 46.5 Å². The Morgan fingerprint density at radius 2 is 2.09 bits per heavy atom. The van der Waals surface area contributed by atoms with Gasteiger partial charge in [-0.3, -0.25) is 9.59 Å². The van der Waals surface area contributed by atoms with Gasteiger partial charge in [-0.25, -0.2) is 0 Å². The van der Waals surface area contributed by atoms with Gasteiger partial charge in [0.1, 0.15) is 11.8 Å². The van der Waals surface area contributed by atoms with E-state index in [4.69, 9.17) is 4.42 Å². The third-order valence-corrected chi connectivity index (χ3v) is 3.96. The predicted molar refractivity (Wildman–Crippen MR) is 85.6 cm³/mol. The van der Waals surface area contributed by atoms with Crippen molar-refractivity contribution < 1.29 is 14.0 Å². The lowest BCUT2D eigenvalue weighted by molar-refractivity contribution is -0.123. The van der Waals surface area contributed by atoms with E-state index in [9.17, 15) is 9.59 Å². The van der Waals surface area contributed by atoms with E-state index in [-0.39, 0.29) is 11.8 Å². The van der Waals surface area contributed by atoms with Gasteiger partial charge in [0.2, 0.25) is 5.91 Å². The Bertz CT molecular complexity index is 591. The molecule has 0 radical (unpaired) electrons. The first-order valence-electron chi connectivity index (χ1n) is 7.20. The number of carbonyl (C=O) groups excluding carboxylic acids is 2. The zero-order valence-corrected chi connectivity index (χ0v) is 13.5. The number of carbonyl (C=O) groups is 2. The maximum absolute atomic E-state index is 12.3. The second kappa shape index (κ2) is 7.79. The Balaban J connectivity index is 1.95. The molecule has 0 aliphatic carbocycles. The Morgan fingerprint density at radius 3 is 2.68 bits per heavy atom. The van der Waals surface area contributed by atoms with Crippen LogP contribution in [0, 0.1) is 5.92 Å². The van der Waals surface area contributed by atoms with E-state index in [0.717, 1.165) is 0 Å². The van der Waals surface area contributed by atoms with Crippen LogP contribution in [0.25, 0.3) is 0 Å². The lowest BCUT2D eigenvalue weighted by Crippen LogP contribution is -2.47. The maximum atomic E-state index is 12.3. The molecule has 2 aromatic heterocycles. The van der Waals surface area contributed by atoms with Gasteiger partial charge in [-0.15, -0.1) is 11.3 Å². The third kappa shape index (κ3) is 4.73. The Labute approximate surface area is 133 Å². The van der Waals surface area contributed by atoms with E-state index in [0.29, 0.717) is 29.5 Å². The van der Waals surface area contributed by atoms with Gasteiger partial charge < -0.3 is 15.1 Å². The summed E-state index contributed by atoms with van der Waals surface area (Å²) in [6.07, 6.45) is 2.15. The van der Waals surface area contributed by atoms with Gasteiger partial charge in [-0.2, -0.15) is 0 Å². The second-order valence-corrected chi connectivity index (χ2v) is 6.38. The van der Waals surface area contributed by atoms with Crippen LogP contribution in [0.15, 0.2) is 40.3 Å². The topological polar surface area (TPSA) is 71.3 Å². The fraction of sp³-hybridized carbons (Fsp3) is 0.375. The van der Waals surface area contributed by atoms with Crippen molar-refractivity contribution in [2.45, 2.75) is 32.9 Å². The molecule has 1 atom stereocenters. The van der Waals surface area contributed by atoms with E-state index in [1.807, 2.05) is 25.3 Å². The first-order chi connectivity index (χ1) is 10.6. The maximum Gasteiger partial charge on any atom is 0.261 e. The van der Waals surface area contributed by atoms with Gasteiger partial charge in [0, 0.05) is 0 Å². The highest BCUT2D eigenvalue weighted by atomic mass is 32.1. The van der Waals surface area contributed by atoms with E-state index in [2.05, 4.69) is 10.6 Å². The van der Waals surface area contributed by atoms with Gasteiger partial charge in [0.05, 0.1) is 17.7 Å². The molecule has 5 nitrogen and oxygen atoms in total. The van der Waals surface area contributed by atoms with Crippen LogP contribution in [0.4, 0.5) is 0 Å². The number of hydrogen-bond acceptors (Lipinski definition) is 4. The van der Waals surface area contributed by atoms with Crippen LogP contribution in [0.3, 0.4) is 0 Å². The largest absolute Gasteiger partial charge is 0.467 e. The van der Waals surface area contributed by atoms with Crippen LogP contribution in [0.2, 0.25) is 0 Å². The summed E-state index contributed by atoms with van der Waals surface area (Å²) in [5.41, 5.74) is 0. The third-order valence-electron chi connectivity index (χ3n) is 3.09. The summed E-state index contributed by atoms with van der Waals surface area (Å²) >= 11 is 1.36. The fourth-order valence-corrected chi connectivity index (χ4v) is 2.68. The molecular weight excluding hydrogens is 300 g/mol. The summed E-state index contributed by atoms with van der Waals surface area (Å²) in [6, 6.07) is 6.57. The quantitative estimate of drug-likeness (QED) is 0.824. The summed E-state index contributed by atoms with van der Waals surface area (Å²) in [5.74, 6) is 0.563. The monoisotopic (exact) mass is 320 g/mol. The summed E-state index contributed by atoms with van der Waals surface area (Å²) in [5, 5.41) is 7.44. The van der Waals surface area contributed by atoms with Crippen molar-refractivity contribution >= 4 is 23.2 Å². The van der Waals surface area contributed by atoms with Crippen LogP contribution in [-0.2, 0) is 11.3 Å². The normalized spacial score (nSPS) is 12.1. The molecular formula is C16H20N2O3S. The molecule has 0 saturated carbocycles. The predicted octanol–water partition coefficient (Wildman–Crippen LogP) is 2.80. The number of thiophene rings is 1. The molecule has 0 bridgehead atoms. The molecule has 2 N–H and O–H groups in total. The highest BCUT2D eigenvalue weighted by Crippen LogP contribution is 2.11. The molecule has 0 saturated heterocycles. The number of furan rings is 1. The first kappa shape index (κ1) is 16.3. The molecule has 0 unspecified atom stereocenters. The minimum atomic E-state index is -0.551. The number of rotatable bonds is 7. The van der Waals surface area contributed by atoms with Crippen molar-refractivity contribution in [2.75, 3.05) is 0 Å². The molecule has 22 heavy (non-hydrogen) atoms. The highest BCUT2D eigenvalue weighted by Gasteiger charge is 2.22. The van der Waals surface area contributed by atoms with E-state index >= 15 is 0 Å². The molecule has 0 aliphatic rings. The van der Waals surface area contributed by atoms with Crippen molar-refractivity contribution in [1.82, 2.24) is 10.6 Å². The smallest absolute Gasteiger partial charge is 0.261 e. The van der Waals surface area contributed by atoms with Crippen LogP contribution in [0.1, 0.15) is 35.7 Å². The Kier molecular flexibility index (Phi) is 5.77. The first-order valence-corrected chi connectivity index (χ1v) is 8.08. The molecule has 0 fully saturated rings. The van der Waals surface area contributed by atoms with Gasteiger partial charge in [-0.1, -0.05) is 19.9 Å². The SMILES string of the molecule is CC(C)C[C@H](NC(=O)c1cccs1)C(=O)NCc1ccco1. The molecule has 2 heterocycles. The number of amides is 2. The Hall–Kier alpha value is -2.08. The lowest BCUT2D eigenvalue weighted by Gasteiger charge is -2.19. The van der Waals surface area contributed by atoms with Crippen molar-refractivity contribution in [1.29, 1.82) is 0 Å². The van der Waals surface area contributed by atoms with E-state index < -0.39 is 6.04 Å². The highest BCUT2D eigenvalue weighted by molar-refractivity contribution is 7.12. The van der Waals surface area contributed by atoms with Crippen LogP contribution in [-0.4, -0.2) is 17.9 Å².